The zero-order valence-electron chi connectivity index (χ0n) is 21.6. The van der Waals surface area contributed by atoms with Crippen molar-refractivity contribution < 1.29 is 9.84 Å². The third-order valence-corrected chi connectivity index (χ3v) is 6.44. The predicted octanol–water partition coefficient (Wildman–Crippen LogP) is 1.57. The Labute approximate surface area is 218 Å². The normalized spacial score (nSPS) is 18.8. The van der Waals surface area contributed by atoms with Crippen LogP contribution in [0.15, 0.2) is 46.5 Å². The maximum absolute atomic E-state index is 9.40. The molecule has 11 heteroatoms. The molecule has 3 heterocycles. The lowest BCUT2D eigenvalue weighted by Gasteiger charge is -2.33. The van der Waals surface area contributed by atoms with E-state index in [9.17, 15) is 5.11 Å². The van der Waals surface area contributed by atoms with Crippen LogP contribution < -0.4 is 21.4 Å². The smallest absolute Gasteiger partial charge is 0.226 e. The van der Waals surface area contributed by atoms with E-state index in [0.717, 1.165) is 57.2 Å². The van der Waals surface area contributed by atoms with Gasteiger partial charge in [-0.25, -0.2) is 0 Å². The second-order valence-corrected chi connectivity index (χ2v) is 9.53. The molecule has 2 saturated heterocycles. The topological polar surface area (TPSA) is 137 Å². The monoisotopic (exact) mass is 509 g/mol. The molecule has 1 unspecified atom stereocenters. The van der Waals surface area contributed by atoms with Crippen LogP contribution in [0, 0.1) is 0 Å². The Morgan fingerprint density at radius 1 is 1.19 bits per heavy atom. The van der Waals surface area contributed by atoms with Crippen molar-refractivity contribution in [1.29, 1.82) is 0 Å². The first-order chi connectivity index (χ1) is 18.1. The van der Waals surface area contributed by atoms with Crippen LogP contribution in [-0.2, 0) is 11.3 Å². The highest BCUT2D eigenvalue weighted by atomic mass is 16.5. The predicted molar refractivity (Wildman–Crippen MR) is 149 cm³/mol. The highest BCUT2D eigenvalue weighted by molar-refractivity contribution is 6.32. The summed E-state index contributed by atoms with van der Waals surface area (Å²) in [6.07, 6.45) is 3.15. The van der Waals surface area contributed by atoms with E-state index < -0.39 is 6.10 Å². The first-order valence-electron chi connectivity index (χ1n) is 13.0. The van der Waals surface area contributed by atoms with Crippen molar-refractivity contribution in [1.82, 2.24) is 14.9 Å². The van der Waals surface area contributed by atoms with Crippen LogP contribution in [0.3, 0.4) is 0 Å². The van der Waals surface area contributed by atoms with Crippen LogP contribution in [0.25, 0.3) is 0 Å². The van der Waals surface area contributed by atoms with Crippen LogP contribution in [0.2, 0.25) is 0 Å². The number of aromatic nitrogens is 2. The number of nitrogens with two attached hydrogens (primary N) is 1. The van der Waals surface area contributed by atoms with E-state index in [1.54, 1.807) is 13.1 Å². The van der Waals surface area contributed by atoms with E-state index in [1.807, 2.05) is 6.07 Å². The van der Waals surface area contributed by atoms with E-state index >= 15 is 0 Å². The summed E-state index contributed by atoms with van der Waals surface area (Å²) in [4.78, 5) is 18.4. The molecule has 2 aromatic rings. The molecule has 200 valence electrons. The third kappa shape index (κ3) is 8.66. The average Bonchev–Trinajstić information content (AvgIpc) is 2.92. The molecule has 0 radical (unpaired) electrons. The van der Waals surface area contributed by atoms with E-state index in [1.165, 1.54) is 5.56 Å². The number of aliphatic hydroxyl groups excluding tert-OH is 1. The molecule has 37 heavy (non-hydrogen) atoms. The summed E-state index contributed by atoms with van der Waals surface area (Å²) in [5, 5.41) is 20.1. The third-order valence-electron chi connectivity index (χ3n) is 6.44. The minimum atomic E-state index is -0.518. The molecule has 4 rings (SSSR count). The van der Waals surface area contributed by atoms with Crippen LogP contribution in [0.1, 0.15) is 25.3 Å². The van der Waals surface area contributed by atoms with Crippen molar-refractivity contribution in [2.45, 2.75) is 38.5 Å². The molecule has 5 N–H and O–H groups in total. The molecular formula is C26H39N9O2. The van der Waals surface area contributed by atoms with E-state index in [4.69, 9.17) is 20.5 Å². The SMILES string of the molecule is CC(O)CN=CC(CNc1nc(NC2CCN(Cc3ccccc3)CC2)cc(N2CCOCC2)n1)=NN. The lowest BCUT2D eigenvalue weighted by atomic mass is 10.0. The van der Waals surface area contributed by atoms with Crippen molar-refractivity contribution >= 4 is 29.5 Å². The Bertz CT molecular complexity index is 1020. The maximum atomic E-state index is 9.40. The molecule has 1 aromatic carbocycles. The first kappa shape index (κ1) is 26.8. The van der Waals surface area contributed by atoms with Crippen LogP contribution in [0.5, 0.6) is 0 Å². The number of hydrogen-bond donors (Lipinski definition) is 4. The summed E-state index contributed by atoms with van der Waals surface area (Å²) in [5.74, 6) is 7.69. The van der Waals surface area contributed by atoms with Crippen LogP contribution >= 0.6 is 0 Å². The number of morpholine rings is 1. The van der Waals surface area contributed by atoms with Crippen molar-refractivity contribution in [2.24, 2.45) is 15.9 Å². The fourth-order valence-corrected chi connectivity index (χ4v) is 4.43. The fourth-order valence-electron chi connectivity index (χ4n) is 4.43. The van der Waals surface area contributed by atoms with Gasteiger partial charge in [-0.2, -0.15) is 15.1 Å². The quantitative estimate of drug-likeness (QED) is 0.202. The molecule has 2 fully saturated rings. The number of hydrazone groups is 1. The summed E-state index contributed by atoms with van der Waals surface area (Å²) in [6.45, 7) is 8.30. The number of hydrogen-bond acceptors (Lipinski definition) is 11. The summed E-state index contributed by atoms with van der Waals surface area (Å²) in [5.41, 5.74) is 1.90. The van der Waals surface area contributed by atoms with Crippen molar-refractivity contribution in [3.05, 3.63) is 42.0 Å². The number of benzene rings is 1. The van der Waals surface area contributed by atoms with E-state index in [-0.39, 0.29) is 0 Å². The van der Waals surface area contributed by atoms with E-state index in [2.05, 4.69) is 60.9 Å². The molecule has 0 saturated carbocycles. The van der Waals surface area contributed by atoms with Gasteiger partial charge in [0.15, 0.2) is 0 Å². The number of likely N-dealkylation sites (tertiary alicyclic amines) is 1. The van der Waals surface area contributed by atoms with Crippen LogP contribution in [-0.4, -0.2) is 96.5 Å². The average molecular weight is 510 g/mol. The molecule has 1 atom stereocenters. The Morgan fingerprint density at radius 2 is 1.95 bits per heavy atom. The highest BCUT2D eigenvalue weighted by Crippen LogP contribution is 2.22. The van der Waals surface area contributed by atoms with Crippen molar-refractivity contribution in [3.63, 3.8) is 0 Å². The summed E-state index contributed by atoms with van der Waals surface area (Å²) in [6, 6.07) is 13.0. The van der Waals surface area contributed by atoms with Gasteiger partial charge >= 0.3 is 0 Å². The van der Waals surface area contributed by atoms with Gasteiger partial charge < -0.3 is 31.2 Å². The number of aliphatic imine (C=N–C) groups is 1. The number of nitrogens with zero attached hydrogens (tertiary/aromatic N) is 6. The molecule has 0 spiro atoms. The van der Waals surface area contributed by atoms with Gasteiger partial charge in [0.2, 0.25) is 5.95 Å². The van der Waals surface area contributed by atoms with Gasteiger partial charge in [0.05, 0.1) is 38.1 Å². The molecule has 0 bridgehead atoms. The first-order valence-corrected chi connectivity index (χ1v) is 13.0. The zero-order valence-corrected chi connectivity index (χ0v) is 21.6. The number of aliphatic hydroxyl groups is 1. The zero-order chi connectivity index (χ0) is 25.9. The van der Waals surface area contributed by atoms with Gasteiger partial charge in [0.1, 0.15) is 11.6 Å². The fraction of sp³-hybridized carbons (Fsp3) is 0.538. The van der Waals surface area contributed by atoms with Crippen molar-refractivity contribution in [3.8, 4) is 0 Å². The molecule has 0 amide bonds. The second-order valence-electron chi connectivity index (χ2n) is 9.53. The minimum absolute atomic E-state index is 0.292. The van der Waals surface area contributed by atoms with Gasteiger partial charge in [0, 0.05) is 51.0 Å². The van der Waals surface area contributed by atoms with Gasteiger partial charge in [0.25, 0.3) is 0 Å². The Morgan fingerprint density at radius 3 is 2.65 bits per heavy atom. The highest BCUT2D eigenvalue weighted by Gasteiger charge is 2.21. The Hall–Kier alpha value is -3.28. The summed E-state index contributed by atoms with van der Waals surface area (Å²) < 4.78 is 5.52. The molecule has 2 aliphatic heterocycles. The van der Waals surface area contributed by atoms with Crippen LogP contribution in [0.4, 0.5) is 17.6 Å². The molecule has 2 aliphatic rings. The number of rotatable bonds is 11. The number of anilines is 3. The molecule has 1 aromatic heterocycles. The standard InChI is InChI=1S/C26H39N9O2/c1-20(36)16-28-17-23(33-27)18-29-26-31-24(15-25(32-26)35-11-13-37-14-12-35)30-22-7-9-34(10-8-22)19-21-5-3-2-4-6-21/h2-6,15,17,20,22,36H,7-14,16,18-19,27H2,1H3,(H2,29,30,31,32). The number of ether oxygens (including phenoxy) is 1. The Balaban J connectivity index is 1.39. The lowest BCUT2D eigenvalue weighted by molar-refractivity contribution is 0.122. The lowest BCUT2D eigenvalue weighted by Crippen LogP contribution is -2.39. The number of nitrogens with one attached hydrogen (secondary N) is 2. The molecule has 11 nitrogen and oxygen atoms in total. The summed E-state index contributed by atoms with van der Waals surface area (Å²) in [7, 11) is 0. The molecular weight excluding hydrogens is 470 g/mol. The van der Waals surface area contributed by atoms with E-state index in [0.29, 0.717) is 44.0 Å². The van der Waals surface area contributed by atoms with Gasteiger partial charge in [-0.1, -0.05) is 30.3 Å². The van der Waals surface area contributed by atoms with Gasteiger partial charge in [-0.05, 0) is 25.3 Å². The largest absolute Gasteiger partial charge is 0.391 e. The van der Waals surface area contributed by atoms with Gasteiger partial charge in [-0.15, -0.1) is 0 Å². The van der Waals surface area contributed by atoms with Crippen molar-refractivity contribution in [2.75, 3.05) is 68.0 Å². The number of piperidine rings is 1. The van der Waals surface area contributed by atoms with Gasteiger partial charge in [-0.3, -0.25) is 9.89 Å². The Kier molecular flexibility index (Phi) is 10.0. The maximum Gasteiger partial charge on any atom is 0.226 e. The molecule has 0 aliphatic carbocycles. The second kappa shape index (κ2) is 13.9. The summed E-state index contributed by atoms with van der Waals surface area (Å²) >= 11 is 0. The minimum Gasteiger partial charge on any atom is -0.391 e.